The fourth-order valence-electron chi connectivity index (χ4n) is 3.48. The van der Waals surface area contributed by atoms with Gasteiger partial charge in [-0.15, -0.1) is 32.5 Å². The first kappa shape index (κ1) is 31.5. The molecule has 1 heterocycles. The number of ether oxygens (including phenoxy) is 3. The van der Waals surface area contributed by atoms with Gasteiger partial charge < -0.3 is 23.9 Å². The largest absolute Gasteiger partial charge is 0.426 e. The molecule has 2 aromatic rings. The fourth-order valence-corrected chi connectivity index (χ4v) is 6.84. The van der Waals surface area contributed by atoms with Crippen LogP contribution in [0.5, 0.6) is 11.5 Å². The molecule has 0 N–H and O–H groups in total. The van der Waals surface area contributed by atoms with Gasteiger partial charge in [-0.1, -0.05) is 23.0 Å². The van der Waals surface area contributed by atoms with E-state index in [4.69, 9.17) is 43.8 Å². The monoisotopic (exact) mass is 628 g/mol. The summed E-state index contributed by atoms with van der Waals surface area (Å²) >= 11 is 10.5. The van der Waals surface area contributed by atoms with Crippen LogP contribution in [-0.4, -0.2) is 65.8 Å². The Morgan fingerprint density at radius 2 is 1.83 bits per heavy atom. The number of nitrogens with zero attached hydrogens (tertiary/aromatic N) is 6. The summed E-state index contributed by atoms with van der Waals surface area (Å²) in [5.41, 5.74) is 8.43. The van der Waals surface area contributed by atoms with Gasteiger partial charge in [0.1, 0.15) is 29.8 Å². The molecule has 0 aromatic heterocycles. The lowest BCUT2D eigenvalue weighted by Crippen LogP contribution is -2.35. The second-order valence-electron chi connectivity index (χ2n) is 8.01. The Bertz CT molecular complexity index is 1400. The highest BCUT2D eigenvalue weighted by molar-refractivity contribution is 8.65. The van der Waals surface area contributed by atoms with Gasteiger partial charge in [-0.2, -0.15) is 0 Å². The number of esters is 2. The Hall–Kier alpha value is -3.99. The van der Waals surface area contributed by atoms with Gasteiger partial charge in [-0.25, -0.2) is 4.79 Å². The highest BCUT2D eigenvalue weighted by Gasteiger charge is 2.27. The van der Waals surface area contributed by atoms with Gasteiger partial charge in [0.15, 0.2) is 0 Å². The fraction of sp³-hybridized carbons (Fsp3) is 0.333. The molecule has 1 saturated heterocycles. The lowest BCUT2D eigenvalue weighted by atomic mass is 10.1. The van der Waals surface area contributed by atoms with Crippen LogP contribution in [0.2, 0.25) is 0 Å². The molecule has 1 aliphatic heterocycles. The zero-order chi connectivity index (χ0) is 30.0. The third kappa shape index (κ3) is 9.28. The number of hydrogen-bond donors (Lipinski definition) is 1. The first-order chi connectivity index (χ1) is 19.5. The first-order valence-electron chi connectivity index (χ1n) is 11.5. The second kappa shape index (κ2) is 14.6. The Balaban J connectivity index is 1.76. The van der Waals surface area contributed by atoms with Crippen molar-refractivity contribution in [3.8, 4) is 11.5 Å². The average molecular weight is 629 g/mol. The van der Waals surface area contributed by atoms with Crippen molar-refractivity contribution in [2.75, 3.05) is 32.9 Å². The number of azide groups is 1. The van der Waals surface area contributed by atoms with Crippen molar-refractivity contribution in [1.29, 1.82) is 0 Å². The van der Waals surface area contributed by atoms with E-state index < -0.39 is 52.4 Å². The van der Waals surface area contributed by atoms with E-state index in [-0.39, 0.29) is 17.0 Å². The minimum absolute atomic E-state index is 0.0337. The summed E-state index contributed by atoms with van der Waals surface area (Å²) in [5, 5.41) is 20.4. The van der Waals surface area contributed by atoms with Crippen LogP contribution < -0.4 is 14.8 Å². The molecule has 0 amide bonds. The van der Waals surface area contributed by atoms with E-state index in [0.29, 0.717) is 26.3 Å². The van der Waals surface area contributed by atoms with Crippen molar-refractivity contribution in [1.82, 2.24) is 4.67 Å². The predicted molar refractivity (Wildman–Crippen MR) is 147 cm³/mol. The Kier molecular flexibility index (Phi) is 11.2. The molecule has 2 aromatic carbocycles. The summed E-state index contributed by atoms with van der Waals surface area (Å²) in [4.78, 5) is 57.4. The number of carbonyl (C=O) groups excluding carboxylic acids is 2. The van der Waals surface area contributed by atoms with Crippen LogP contribution in [0.3, 0.4) is 0 Å². The minimum Gasteiger partial charge on any atom is -0.426 e. The highest BCUT2D eigenvalue weighted by atomic mass is 32.9. The van der Waals surface area contributed by atoms with Crippen LogP contribution in [0.1, 0.15) is 16.8 Å². The molecule has 0 spiro atoms. The summed E-state index contributed by atoms with van der Waals surface area (Å²) in [6.45, 7) is 1.45. The van der Waals surface area contributed by atoms with Crippen LogP contribution in [-0.2, 0) is 31.0 Å². The van der Waals surface area contributed by atoms with Crippen molar-refractivity contribution in [2.45, 2.75) is 12.5 Å². The van der Waals surface area contributed by atoms with Gasteiger partial charge in [0.05, 0.1) is 25.0 Å². The lowest BCUT2D eigenvalue weighted by molar-refractivity contribution is -0.789. The topological polar surface area (TPSA) is 219 Å². The molecule has 0 radical (unpaired) electrons. The van der Waals surface area contributed by atoms with E-state index in [1.54, 1.807) is 12.1 Å². The summed E-state index contributed by atoms with van der Waals surface area (Å²) in [6, 6.07) is 9.95. The molecule has 17 nitrogen and oxygen atoms in total. The van der Waals surface area contributed by atoms with Gasteiger partial charge in [-0.05, 0) is 41.9 Å². The highest BCUT2D eigenvalue weighted by Crippen LogP contribution is 2.53. The lowest BCUT2D eigenvalue weighted by Gasteiger charge is -2.34. The van der Waals surface area contributed by atoms with Crippen molar-refractivity contribution in [2.24, 2.45) is 5.11 Å². The van der Waals surface area contributed by atoms with Crippen molar-refractivity contribution in [3.05, 3.63) is 78.7 Å². The standard InChI is InChI=1S/C21H21N6O11PS2/c22-24-23-14-1-6-18(19(11-14)37-20(28)12-16(38-27(32)33)13-35-26(30)31)21(29)36-15-2-4-17(5-3-15)39(40,41)25-7-9-34-10-8-25/h1-6,11,16H,7-10,12-13H2,(H,40,41). The first-order valence-corrected chi connectivity index (χ1v) is 15.4. The average Bonchev–Trinajstić information content (AvgIpc) is 2.92. The molecule has 3 rings (SSSR count). The van der Waals surface area contributed by atoms with Crippen LogP contribution in [0, 0.1) is 20.2 Å². The molecule has 0 bridgehead atoms. The Morgan fingerprint density at radius 1 is 1.15 bits per heavy atom. The van der Waals surface area contributed by atoms with Crippen LogP contribution in [0.4, 0.5) is 5.69 Å². The van der Waals surface area contributed by atoms with Crippen LogP contribution >= 0.6 is 17.6 Å². The molecular weight excluding hydrogens is 607 g/mol. The van der Waals surface area contributed by atoms with E-state index in [1.807, 2.05) is 0 Å². The van der Waals surface area contributed by atoms with Crippen molar-refractivity contribution in [3.63, 3.8) is 0 Å². The van der Waals surface area contributed by atoms with E-state index in [2.05, 4.69) is 24.4 Å². The molecule has 41 heavy (non-hydrogen) atoms. The van der Waals surface area contributed by atoms with E-state index in [1.165, 1.54) is 24.3 Å². The zero-order valence-electron chi connectivity index (χ0n) is 20.8. The summed E-state index contributed by atoms with van der Waals surface area (Å²) < 4.78 is 18.0. The molecule has 0 saturated carbocycles. The van der Waals surface area contributed by atoms with Gasteiger partial charge in [0.2, 0.25) is 0 Å². The van der Waals surface area contributed by atoms with Gasteiger partial charge in [0.25, 0.3) is 10.2 Å². The molecule has 0 aliphatic carbocycles. The smallest absolute Gasteiger partial charge is 0.347 e. The zero-order valence-corrected chi connectivity index (χ0v) is 23.4. The number of thiol groups is 1. The third-order valence-corrected chi connectivity index (χ3v) is 10.2. The van der Waals surface area contributed by atoms with E-state index in [9.17, 15) is 29.8 Å². The van der Waals surface area contributed by atoms with Gasteiger partial charge >= 0.3 is 11.9 Å². The molecule has 2 unspecified atom stereocenters. The summed E-state index contributed by atoms with van der Waals surface area (Å²) in [5.74, 6) is -2.41. The number of hydrogen-bond acceptors (Lipinski definition) is 13. The second-order valence-corrected chi connectivity index (χ2v) is 14.3. The van der Waals surface area contributed by atoms with Crippen molar-refractivity contribution < 1.29 is 43.6 Å². The predicted octanol–water partition coefficient (Wildman–Crippen LogP) is 3.13. The summed E-state index contributed by atoms with van der Waals surface area (Å²) in [7, 11) is 0. The summed E-state index contributed by atoms with van der Waals surface area (Å²) in [6.07, 6.45) is -2.56. The SMILES string of the molecule is [N-]=[N+]=Nc1ccc(C(=O)Oc2ccc(P(=S)(S)N3CCOCC3)cc2)c(OC(=O)CC(CO[N+](=O)[O-])O[N+](=O)[O-])c1. The number of morpholine rings is 1. The number of carbonyl (C=O) groups is 2. The third-order valence-electron chi connectivity index (χ3n) is 5.32. The number of benzene rings is 2. The minimum atomic E-state index is -2.36. The van der Waals surface area contributed by atoms with E-state index >= 15 is 0 Å². The Labute approximate surface area is 241 Å². The maximum atomic E-state index is 13.0. The van der Waals surface area contributed by atoms with Crippen LogP contribution in [0.15, 0.2) is 47.6 Å². The number of rotatable bonds is 13. The molecule has 20 heteroatoms. The molecule has 1 aliphatic rings. The Morgan fingerprint density at radius 3 is 2.44 bits per heavy atom. The molecule has 2 atom stereocenters. The molecular formula is C21H21N6O11PS2. The van der Waals surface area contributed by atoms with Crippen LogP contribution in [0.25, 0.3) is 10.4 Å². The van der Waals surface area contributed by atoms with Crippen molar-refractivity contribution >= 4 is 52.4 Å². The van der Waals surface area contributed by atoms with E-state index in [0.717, 1.165) is 11.4 Å². The quantitative estimate of drug-likeness (QED) is 0.0388. The van der Waals surface area contributed by atoms with Gasteiger partial charge in [-0.3, -0.25) is 9.46 Å². The van der Waals surface area contributed by atoms with Gasteiger partial charge in [0, 0.05) is 29.0 Å². The molecule has 1 fully saturated rings. The maximum absolute atomic E-state index is 13.0. The maximum Gasteiger partial charge on any atom is 0.347 e. The normalized spacial score (nSPS) is 15.3. The molecule has 218 valence electrons.